The molecule has 0 saturated carbocycles. The average molecular weight is 437 g/mol. The summed E-state index contributed by atoms with van der Waals surface area (Å²) in [7, 11) is -0.122. The van der Waals surface area contributed by atoms with Gasteiger partial charge in [-0.1, -0.05) is 0 Å². The fraction of sp³-hybridized carbons (Fsp3) is 0.294. The SMILES string of the molecule is Cc1sc2ncn(CCN(C)C)c(=O)c2c1C(=O)Nc1ccc(S(N)(=O)=O)nc1. The van der Waals surface area contributed by atoms with Gasteiger partial charge in [-0.2, -0.15) is 0 Å². The Kier molecular flexibility index (Phi) is 5.80. The van der Waals surface area contributed by atoms with Gasteiger partial charge < -0.3 is 10.2 Å². The Morgan fingerprint density at radius 2 is 2.03 bits per heavy atom. The van der Waals surface area contributed by atoms with E-state index in [0.29, 0.717) is 22.8 Å². The minimum atomic E-state index is -3.93. The van der Waals surface area contributed by atoms with Crippen molar-refractivity contribution < 1.29 is 13.2 Å². The van der Waals surface area contributed by atoms with Crippen LogP contribution in [0.25, 0.3) is 10.2 Å². The number of sulfonamides is 1. The second kappa shape index (κ2) is 7.99. The summed E-state index contributed by atoms with van der Waals surface area (Å²) in [6, 6.07) is 2.57. The van der Waals surface area contributed by atoms with Crippen LogP contribution >= 0.6 is 11.3 Å². The molecule has 3 aromatic rings. The van der Waals surface area contributed by atoms with Crippen molar-refractivity contribution in [2.45, 2.75) is 18.5 Å². The number of carbonyl (C=O) groups is 1. The molecule has 0 fully saturated rings. The molecule has 0 aromatic carbocycles. The van der Waals surface area contributed by atoms with Gasteiger partial charge in [-0.05, 0) is 33.2 Å². The number of rotatable bonds is 6. The number of aryl methyl sites for hydroxylation is 1. The van der Waals surface area contributed by atoms with Crippen LogP contribution in [0.3, 0.4) is 0 Å². The minimum absolute atomic E-state index is 0.247. The van der Waals surface area contributed by atoms with E-state index >= 15 is 0 Å². The van der Waals surface area contributed by atoms with Crippen LogP contribution in [0, 0.1) is 6.92 Å². The Balaban J connectivity index is 1.96. The lowest BCUT2D eigenvalue weighted by Gasteiger charge is -2.11. The van der Waals surface area contributed by atoms with Crippen molar-refractivity contribution in [3.63, 3.8) is 0 Å². The molecule has 12 heteroatoms. The Morgan fingerprint density at radius 3 is 2.62 bits per heavy atom. The smallest absolute Gasteiger partial charge is 0.262 e. The van der Waals surface area contributed by atoms with Crippen LogP contribution in [-0.4, -0.2) is 54.4 Å². The first-order chi connectivity index (χ1) is 13.6. The highest BCUT2D eigenvalue weighted by molar-refractivity contribution is 7.89. The second-order valence-corrected chi connectivity index (χ2v) is 9.36. The predicted molar refractivity (Wildman–Crippen MR) is 111 cm³/mol. The van der Waals surface area contributed by atoms with Crippen molar-refractivity contribution in [1.29, 1.82) is 0 Å². The lowest BCUT2D eigenvalue weighted by Crippen LogP contribution is -2.27. The van der Waals surface area contributed by atoms with Crippen molar-refractivity contribution >= 4 is 43.2 Å². The number of aromatic nitrogens is 3. The van der Waals surface area contributed by atoms with Crippen molar-refractivity contribution in [3.05, 3.63) is 45.5 Å². The van der Waals surface area contributed by atoms with Gasteiger partial charge in [0.25, 0.3) is 21.5 Å². The summed E-state index contributed by atoms with van der Waals surface area (Å²) in [4.78, 5) is 36.9. The molecular formula is C17H20N6O4S2. The van der Waals surface area contributed by atoms with Gasteiger partial charge in [-0.15, -0.1) is 11.3 Å². The monoisotopic (exact) mass is 436 g/mol. The molecule has 3 aromatic heterocycles. The van der Waals surface area contributed by atoms with Gasteiger partial charge >= 0.3 is 0 Å². The fourth-order valence-electron chi connectivity index (χ4n) is 2.69. The lowest BCUT2D eigenvalue weighted by atomic mass is 10.1. The number of amides is 1. The van der Waals surface area contributed by atoms with Crippen molar-refractivity contribution in [2.75, 3.05) is 26.0 Å². The maximum absolute atomic E-state index is 12.9. The van der Waals surface area contributed by atoms with Gasteiger partial charge in [-0.25, -0.2) is 23.5 Å². The molecule has 154 valence electrons. The van der Waals surface area contributed by atoms with Crippen LogP contribution in [0.1, 0.15) is 15.2 Å². The molecule has 0 aliphatic carbocycles. The summed E-state index contributed by atoms with van der Waals surface area (Å²) in [5, 5.41) is 7.62. The largest absolute Gasteiger partial charge is 0.321 e. The van der Waals surface area contributed by atoms with Crippen LogP contribution in [-0.2, 0) is 16.6 Å². The van der Waals surface area contributed by atoms with Crippen LogP contribution in [0.2, 0.25) is 0 Å². The van der Waals surface area contributed by atoms with E-state index in [1.54, 1.807) is 6.92 Å². The Hall–Kier alpha value is -2.67. The van der Waals surface area contributed by atoms with Gasteiger partial charge in [0, 0.05) is 18.0 Å². The quantitative estimate of drug-likeness (QED) is 0.577. The van der Waals surface area contributed by atoms with E-state index in [4.69, 9.17) is 5.14 Å². The predicted octanol–water partition coefficient (Wildman–Crippen LogP) is 0.623. The number of fused-ring (bicyclic) bond motifs is 1. The lowest BCUT2D eigenvalue weighted by molar-refractivity contribution is 0.102. The highest BCUT2D eigenvalue weighted by atomic mass is 32.2. The molecule has 0 aliphatic rings. The fourth-order valence-corrected chi connectivity index (χ4v) is 4.13. The first-order valence-corrected chi connectivity index (χ1v) is 10.9. The zero-order chi connectivity index (χ0) is 21.3. The Bertz CT molecular complexity index is 1230. The van der Waals surface area contributed by atoms with E-state index in [1.165, 1.54) is 40.6 Å². The first-order valence-electron chi connectivity index (χ1n) is 8.51. The van der Waals surface area contributed by atoms with E-state index < -0.39 is 15.9 Å². The van der Waals surface area contributed by atoms with Crippen molar-refractivity contribution in [2.24, 2.45) is 5.14 Å². The number of nitrogens with one attached hydrogen (secondary N) is 1. The molecule has 0 bridgehead atoms. The van der Waals surface area contributed by atoms with Crippen LogP contribution in [0.5, 0.6) is 0 Å². The van der Waals surface area contributed by atoms with Crippen LogP contribution < -0.4 is 16.0 Å². The Morgan fingerprint density at radius 1 is 1.31 bits per heavy atom. The summed E-state index contributed by atoms with van der Waals surface area (Å²) < 4.78 is 24.1. The molecule has 3 N–H and O–H groups in total. The normalized spacial score (nSPS) is 11.9. The highest BCUT2D eigenvalue weighted by Crippen LogP contribution is 2.27. The third-order valence-corrected chi connectivity index (χ3v) is 5.99. The molecule has 3 heterocycles. The van der Waals surface area contributed by atoms with Crippen molar-refractivity contribution in [3.8, 4) is 0 Å². The number of thiophene rings is 1. The summed E-state index contributed by atoms with van der Waals surface area (Å²) in [5.74, 6) is -0.497. The first kappa shape index (κ1) is 21.0. The molecule has 10 nitrogen and oxygen atoms in total. The van der Waals surface area contributed by atoms with Gasteiger partial charge in [0.05, 0.1) is 29.2 Å². The molecule has 0 radical (unpaired) electrons. The molecule has 0 saturated heterocycles. The highest BCUT2D eigenvalue weighted by Gasteiger charge is 2.21. The zero-order valence-corrected chi connectivity index (χ0v) is 17.7. The number of hydrogen-bond acceptors (Lipinski definition) is 8. The molecule has 0 unspecified atom stereocenters. The van der Waals surface area contributed by atoms with Gasteiger partial charge in [-0.3, -0.25) is 14.2 Å². The van der Waals surface area contributed by atoms with Crippen LogP contribution in [0.4, 0.5) is 5.69 Å². The standard InChI is InChI=1S/C17H20N6O4S2/c1-10-13(15(24)21-11-4-5-12(19-8-11)29(18,26)27)14-16(28-10)20-9-23(17(14)25)7-6-22(2)3/h4-5,8-9H,6-7H2,1-3H3,(H,21,24)(H2,18,26,27). The van der Waals surface area contributed by atoms with E-state index in [1.807, 2.05) is 19.0 Å². The summed E-state index contributed by atoms with van der Waals surface area (Å²) in [6.45, 7) is 2.84. The third-order valence-electron chi connectivity index (χ3n) is 4.16. The molecule has 0 spiro atoms. The maximum Gasteiger partial charge on any atom is 0.262 e. The summed E-state index contributed by atoms with van der Waals surface area (Å²) in [5.41, 5.74) is 0.240. The molecule has 3 rings (SSSR count). The van der Waals surface area contributed by atoms with Crippen LogP contribution in [0.15, 0.2) is 34.5 Å². The minimum Gasteiger partial charge on any atom is -0.321 e. The third kappa shape index (κ3) is 4.50. The average Bonchev–Trinajstić information content (AvgIpc) is 2.97. The van der Waals surface area contributed by atoms with Gasteiger partial charge in [0.2, 0.25) is 0 Å². The van der Waals surface area contributed by atoms with E-state index in [9.17, 15) is 18.0 Å². The number of primary sulfonamides is 1. The topological polar surface area (TPSA) is 140 Å². The number of nitrogens with zero attached hydrogens (tertiary/aromatic N) is 4. The molecule has 0 atom stereocenters. The molecule has 1 amide bonds. The number of anilines is 1. The number of hydrogen-bond donors (Lipinski definition) is 2. The van der Waals surface area contributed by atoms with Gasteiger partial charge in [0.15, 0.2) is 5.03 Å². The molecule has 29 heavy (non-hydrogen) atoms. The number of nitrogens with two attached hydrogens (primary N) is 1. The number of pyridine rings is 1. The second-order valence-electron chi connectivity index (χ2n) is 6.64. The van der Waals surface area contributed by atoms with E-state index in [0.717, 1.165) is 0 Å². The summed E-state index contributed by atoms with van der Waals surface area (Å²) in [6.07, 6.45) is 2.68. The molecule has 0 aliphatic heterocycles. The summed E-state index contributed by atoms with van der Waals surface area (Å²) >= 11 is 1.26. The zero-order valence-electron chi connectivity index (χ0n) is 16.0. The van der Waals surface area contributed by atoms with E-state index in [-0.39, 0.29) is 27.2 Å². The maximum atomic E-state index is 12.9. The number of carbonyl (C=O) groups excluding carboxylic acids is 1. The molecular weight excluding hydrogens is 416 g/mol. The van der Waals surface area contributed by atoms with Crippen molar-refractivity contribution in [1.82, 2.24) is 19.4 Å². The number of likely N-dealkylation sites (N-methyl/N-ethyl adjacent to an activating group) is 1. The van der Waals surface area contributed by atoms with E-state index in [2.05, 4.69) is 15.3 Å². The van der Waals surface area contributed by atoms with Gasteiger partial charge in [0.1, 0.15) is 4.83 Å². The Labute approximate surface area is 171 Å².